The van der Waals surface area contributed by atoms with Crippen LogP contribution in [0.4, 0.5) is 0 Å². The summed E-state index contributed by atoms with van der Waals surface area (Å²) in [5.74, 6) is 0.367. The van der Waals surface area contributed by atoms with Gasteiger partial charge in [0.25, 0.3) is 0 Å². The van der Waals surface area contributed by atoms with Crippen molar-refractivity contribution in [1.29, 1.82) is 0 Å². The molecule has 1 atom stereocenters. The number of carbonyl (C=O) groups excluding carboxylic acids is 1. The molecule has 178 valence electrons. The quantitative estimate of drug-likeness (QED) is 0.251. The van der Waals surface area contributed by atoms with Gasteiger partial charge in [-0.25, -0.2) is 9.50 Å². The van der Waals surface area contributed by atoms with E-state index in [0.29, 0.717) is 18.0 Å². The molecule has 0 saturated heterocycles. The summed E-state index contributed by atoms with van der Waals surface area (Å²) in [6.45, 7) is 12.7. The largest absolute Gasteiger partial charge is 0.301 e. The fraction of sp³-hybridized carbons (Fsp3) is 0.407. The molecular weight excluding hydrogens is 442 g/mol. The van der Waals surface area contributed by atoms with Crippen LogP contribution in [0.25, 0.3) is 27.5 Å². The first-order valence-corrected chi connectivity index (χ1v) is 13.0. The van der Waals surface area contributed by atoms with Crippen LogP contribution in [0.3, 0.4) is 0 Å². The summed E-state index contributed by atoms with van der Waals surface area (Å²) in [7, 11) is 0. The predicted octanol–water partition coefficient (Wildman–Crippen LogP) is 6.34. The van der Waals surface area contributed by atoms with Crippen molar-refractivity contribution in [2.45, 2.75) is 59.4 Å². The molecule has 34 heavy (non-hydrogen) atoms. The highest BCUT2D eigenvalue weighted by Crippen LogP contribution is 2.29. The maximum absolute atomic E-state index is 13.2. The molecular formula is C27H33N5OS. The average Bonchev–Trinajstić information content (AvgIpc) is 3.52. The highest BCUT2D eigenvalue weighted by Gasteiger charge is 2.18. The number of hydrogen-bond donors (Lipinski definition) is 0. The molecule has 0 N–H and O–H groups in total. The normalized spacial score (nSPS) is 12.7. The van der Waals surface area contributed by atoms with Gasteiger partial charge in [0.15, 0.2) is 11.4 Å². The molecule has 4 heterocycles. The molecule has 0 aliphatic carbocycles. The second-order valence-corrected chi connectivity index (χ2v) is 9.92. The zero-order chi connectivity index (χ0) is 24.2. The van der Waals surface area contributed by atoms with Gasteiger partial charge in [-0.15, -0.1) is 11.3 Å². The van der Waals surface area contributed by atoms with Gasteiger partial charge in [-0.2, -0.15) is 5.10 Å². The van der Waals surface area contributed by atoms with E-state index in [1.165, 1.54) is 0 Å². The number of fused-ring (bicyclic) bond motifs is 1. The summed E-state index contributed by atoms with van der Waals surface area (Å²) in [6.07, 6.45) is 5.09. The molecule has 4 aromatic rings. The number of Topliss-reactive ketones (excluding diaryl/α,β-unsaturated/α-hetero) is 1. The minimum absolute atomic E-state index is 0.160. The molecule has 0 fully saturated rings. The van der Waals surface area contributed by atoms with Gasteiger partial charge in [0.05, 0.1) is 28.0 Å². The Bertz CT molecular complexity index is 1260. The van der Waals surface area contributed by atoms with E-state index >= 15 is 0 Å². The SMILES string of the molecule is CCN(CC)[C@@H](C)CCC(=O)c1cc(-c2cnn3ccc(-c4cccs4)nc23)nc(C(C)C)c1. The summed E-state index contributed by atoms with van der Waals surface area (Å²) < 4.78 is 1.77. The van der Waals surface area contributed by atoms with Crippen molar-refractivity contribution in [3.8, 4) is 21.8 Å². The fourth-order valence-electron chi connectivity index (χ4n) is 4.27. The third-order valence-electron chi connectivity index (χ3n) is 6.40. The van der Waals surface area contributed by atoms with E-state index in [1.54, 1.807) is 22.0 Å². The van der Waals surface area contributed by atoms with Crippen LogP contribution in [0.1, 0.15) is 69.4 Å². The molecule has 4 rings (SSSR count). The van der Waals surface area contributed by atoms with Crippen molar-refractivity contribution >= 4 is 22.8 Å². The Kier molecular flexibility index (Phi) is 7.54. The Labute approximate surface area is 205 Å². The van der Waals surface area contributed by atoms with Crippen molar-refractivity contribution in [2.75, 3.05) is 13.1 Å². The standard InChI is InChI=1S/C27H33N5OS/c1-6-31(7-2)19(5)10-11-25(33)20-15-23(18(3)4)29-24(16-20)21-17-28-32-13-12-22(30-27(21)32)26-9-8-14-34-26/h8-9,12-19H,6-7,10-11H2,1-5H3/t19-/m0/s1. The second kappa shape index (κ2) is 10.6. The van der Waals surface area contributed by atoms with E-state index in [0.717, 1.165) is 52.7 Å². The van der Waals surface area contributed by atoms with E-state index in [4.69, 9.17) is 9.97 Å². The van der Waals surface area contributed by atoms with Gasteiger partial charge in [-0.05, 0) is 62.0 Å². The number of nitrogens with zero attached hydrogens (tertiary/aromatic N) is 5. The molecule has 0 bridgehead atoms. The number of ketones is 1. The lowest BCUT2D eigenvalue weighted by Gasteiger charge is -2.26. The Morgan fingerprint density at radius 3 is 2.56 bits per heavy atom. The van der Waals surface area contributed by atoms with Crippen molar-refractivity contribution < 1.29 is 4.79 Å². The van der Waals surface area contributed by atoms with Crippen molar-refractivity contribution in [2.24, 2.45) is 0 Å². The zero-order valence-electron chi connectivity index (χ0n) is 20.7. The van der Waals surface area contributed by atoms with Gasteiger partial charge in [0.1, 0.15) is 0 Å². The van der Waals surface area contributed by atoms with Crippen LogP contribution in [-0.4, -0.2) is 49.4 Å². The molecule has 0 radical (unpaired) electrons. The summed E-state index contributed by atoms with van der Waals surface area (Å²) in [5, 5.41) is 6.54. The van der Waals surface area contributed by atoms with Gasteiger partial charge < -0.3 is 4.90 Å². The van der Waals surface area contributed by atoms with Crippen molar-refractivity contribution in [3.63, 3.8) is 0 Å². The molecule has 0 aromatic carbocycles. The van der Waals surface area contributed by atoms with Gasteiger partial charge in [0, 0.05) is 29.9 Å². The number of carbonyl (C=O) groups is 1. The molecule has 0 saturated carbocycles. The van der Waals surface area contributed by atoms with Crippen molar-refractivity contribution in [1.82, 2.24) is 24.5 Å². The summed E-state index contributed by atoms with van der Waals surface area (Å²) in [4.78, 5) is 26.5. The van der Waals surface area contributed by atoms with Gasteiger partial charge in [-0.1, -0.05) is 33.8 Å². The summed E-state index contributed by atoms with van der Waals surface area (Å²) in [6, 6.07) is 10.3. The van der Waals surface area contributed by atoms with E-state index < -0.39 is 0 Å². The van der Waals surface area contributed by atoms with Crippen LogP contribution < -0.4 is 0 Å². The van der Waals surface area contributed by atoms with E-state index in [9.17, 15) is 4.79 Å². The van der Waals surface area contributed by atoms with Gasteiger partial charge in [-0.3, -0.25) is 9.78 Å². The first-order chi connectivity index (χ1) is 16.4. The number of thiophene rings is 1. The van der Waals surface area contributed by atoms with Gasteiger partial charge in [0.2, 0.25) is 0 Å². The average molecular weight is 476 g/mol. The minimum Gasteiger partial charge on any atom is -0.301 e. The van der Waals surface area contributed by atoms with Crippen LogP contribution in [0.2, 0.25) is 0 Å². The van der Waals surface area contributed by atoms with E-state index in [2.05, 4.69) is 50.7 Å². The maximum atomic E-state index is 13.2. The summed E-state index contributed by atoms with van der Waals surface area (Å²) in [5.41, 5.74) is 4.86. The molecule has 0 spiro atoms. The van der Waals surface area contributed by atoms with Crippen LogP contribution in [-0.2, 0) is 0 Å². The first-order valence-electron chi connectivity index (χ1n) is 12.1. The topological polar surface area (TPSA) is 63.4 Å². The summed E-state index contributed by atoms with van der Waals surface area (Å²) >= 11 is 1.66. The third-order valence-corrected chi connectivity index (χ3v) is 7.29. The Hall–Kier alpha value is -2.90. The molecule has 0 aliphatic heterocycles. The molecule has 6 nitrogen and oxygen atoms in total. The first kappa shape index (κ1) is 24.2. The second-order valence-electron chi connectivity index (χ2n) is 8.97. The predicted molar refractivity (Wildman–Crippen MR) is 140 cm³/mol. The van der Waals surface area contributed by atoms with E-state index in [-0.39, 0.29) is 11.7 Å². The Morgan fingerprint density at radius 1 is 1.09 bits per heavy atom. The molecule has 0 amide bonds. The minimum atomic E-state index is 0.160. The lowest BCUT2D eigenvalue weighted by molar-refractivity contribution is 0.0964. The number of pyridine rings is 1. The van der Waals surface area contributed by atoms with Crippen LogP contribution in [0, 0.1) is 0 Å². The van der Waals surface area contributed by atoms with Crippen molar-refractivity contribution in [3.05, 3.63) is 59.4 Å². The number of rotatable bonds is 10. The monoisotopic (exact) mass is 475 g/mol. The molecule has 0 aliphatic rings. The Balaban J connectivity index is 1.68. The number of hydrogen-bond acceptors (Lipinski definition) is 6. The smallest absolute Gasteiger partial charge is 0.165 e. The van der Waals surface area contributed by atoms with Crippen LogP contribution >= 0.6 is 11.3 Å². The molecule has 7 heteroatoms. The maximum Gasteiger partial charge on any atom is 0.165 e. The lowest BCUT2D eigenvalue weighted by atomic mass is 9.99. The van der Waals surface area contributed by atoms with Crippen LogP contribution in [0.15, 0.2) is 48.1 Å². The highest BCUT2D eigenvalue weighted by atomic mass is 32.1. The fourth-order valence-corrected chi connectivity index (χ4v) is 4.97. The highest BCUT2D eigenvalue weighted by molar-refractivity contribution is 7.13. The number of aromatic nitrogens is 4. The van der Waals surface area contributed by atoms with Gasteiger partial charge >= 0.3 is 0 Å². The Morgan fingerprint density at radius 2 is 1.88 bits per heavy atom. The lowest BCUT2D eigenvalue weighted by Crippen LogP contribution is -2.33. The molecule has 0 unspecified atom stereocenters. The third kappa shape index (κ3) is 5.10. The van der Waals surface area contributed by atoms with E-state index in [1.807, 2.05) is 35.8 Å². The van der Waals surface area contributed by atoms with Crippen LogP contribution in [0.5, 0.6) is 0 Å². The zero-order valence-corrected chi connectivity index (χ0v) is 21.5. The molecule has 4 aromatic heterocycles.